The molecule has 2 aromatic rings. The van der Waals surface area contributed by atoms with Gasteiger partial charge < -0.3 is 23.8 Å². The molecular formula is C25H28F3NO5. The van der Waals surface area contributed by atoms with E-state index >= 15 is 0 Å². The van der Waals surface area contributed by atoms with Crippen LogP contribution in [0.15, 0.2) is 36.4 Å². The number of carbonyl (C=O) groups excluding carboxylic acids is 1. The summed E-state index contributed by atoms with van der Waals surface area (Å²) in [6, 6.07) is 8.62. The number of ether oxygens (including phenoxy) is 4. The van der Waals surface area contributed by atoms with Gasteiger partial charge in [-0.25, -0.2) is 4.39 Å². The molecule has 2 aliphatic rings. The molecule has 1 atom stereocenters. The smallest absolute Gasteiger partial charge is 0.387 e. The molecule has 34 heavy (non-hydrogen) atoms. The van der Waals surface area contributed by atoms with Crippen molar-refractivity contribution >= 4 is 5.91 Å². The van der Waals surface area contributed by atoms with E-state index in [1.54, 1.807) is 11.0 Å². The molecule has 6 nitrogen and oxygen atoms in total. The molecule has 2 aliphatic heterocycles. The van der Waals surface area contributed by atoms with Crippen molar-refractivity contribution < 1.29 is 36.9 Å². The van der Waals surface area contributed by atoms with Crippen molar-refractivity contribution in [2.45, 2.75) is 57.5 Å². The molecule has 0 bridgehead atoms. The molecule has 2 aromatic carbocycles. The van der Waals surface area contributed by atoms with Crippen molar-refractivity contribution in [1.82, 2.24) is 4.90 Å². The average molecular weight is 479 g/mol. The highest BCUT2D eigenvalue weighted by molar-refractivity contribution is 5.95. The monoisotopic (exact) mass is 479 g/mol. The fourth-order valence-electron chi connectivity index (χ4n) is 4.64. The van der Waals surface area contributed by atoms with E-state index < -0.39 is 12.2 Å². The molecule has 0 unspecified atom stereocenters. The SMILES string of the molecule is COc1cc(C(=O)N2CCC3(CC2)C[C@@H](OC(C)C)c2cc(F)ccc2O3)ccc1OC(F)F. The van der Waals surface area contributed by atoms with Gasteiger partial charge in [0, 0.05) is 43.5 Å². The highest BCUT2D eigenvalue weighted by atomic mass is 19.3. The number of piperidine rings is 1. The number of nitrogens with zero attached hydrogens (tertiary/aromatic N) is 1. The van der Waals surface area contributed by atoms with Crippen LogP contribution >= 0.6 is 0 Å². The Morgan fingerprint density at radius 2 is 1.85 bits per heavy atom. The first-order valence-corrected chi connectivity index (χ1v) is 11.3. The van der Waals surface area contributed by atoms with Crippen LogP contribution in [0.3, 0.4) is 0 Å². The molecule has 0 aromatic heterocycles. The molecule has 2 heterocycles. The van der Waals surface area contributed by atoms with Crippen LogP contribution < -0.4 is 14.2 Å². The van der Waals surface area contributed by atoms with Gasteiger partial charge in [0.1, 0.15) is 17.2 Å². The van der Waals surface area contributed by atoms with Crippen LogP contribution in [0.4, 0.5) is 13.2 Å². The molecule has 0 saturated carbocycles. The number of hydrogen-bond donors (Lipinski definition) is 0. The van der Waals surface area contributed by atoms with Gasteiger partial charge in [-0.1, -0.05) is 0 Å². The lowest BCUT2D eigenvalue weighted by Gasteiger charge is -2.47. The summed E-state index contributed by atoms with van der Waals surface area (Å²) >= 11 is 0. The zero-order valence-corrected chi connectivity index (χ0v) is 19.4. The maximum Gasteiger partial charge on any atom is 0.387 e. The Morgan fingerprint density at radius 3 is 2.50 bits per heavy atom. The van der Waals surface area contributed by atoms with Crippen molar-refractivity contribution in [1.29, 1.82) is 0 Å². The number of benzene rings is 2. The van der Waals surface area contributed by atoms with Crippen LogP contribution in [-0.4, -0.2) is 49.3 Å². The summed E-state index contributed by atoms with van der Waals surface area (Å²) in [5, 5.41) is 0. The van der Waals surface area contributed by atoms with Crippen molar-refractivity contribution in [3.05, 3.63) is 53.3 Å². The van der Waals surface area contributed by atoms with Crippen molar-refractivity contribution in [3.63, 3.8) is 0 Å². The quantitative estimate of drug-likeness (QED) is 0.559. The molecule has 1 saturated heterocycles. The molecular weight excluding hydrogens is 451 g/mol. The van der Waals surface area contributed by atoms with Crippen LogP contribution in [0, 0.1) is 5.82 Å². The lowest BCUT2D eigenvalue weighted by Crippen LogP contribution is -2.52. The second-order valence-corrected chi connectivity index (χ2v) is 8.88. The Balaban J connectivity index is 1.48. The van der Waals surface area contributed by atoms with Gasteiger partial charge in [-0.15, -0.1) is 0 Å². The average Bonchev–Trinajstić information content (AvgIpc) is 2.79. The maximum atomic E-state index is 13.9. The molecule has 184 valence electrons. The van der Waals surface area contributed by atoms with Crippen LogP contribution in [0.1, 0.15) is 55.1 Å². The Kier molecular flexibility index (Phi) is 6.93. The van der Waals surface area contributed by atoms with Gasteiger partial charge in [-0.05, 0) is 50.2 Å². The van der Waals surface area contributed by atoms with Crippen molar-refractivity contribution in [2.24, 2.45) is 0 Å². The predicted molar refractivity (Wildman–Crippen MR) is 118 cm³/mol. The third-order valence-corrected chi connectivity index (χ3v) is 6.23. The number of carbonyl (C=O) groups is 1. The Hall–Kier alpha value is -2.94. The molecule has 1 amide bonds. The Labute approximate surface area is 196 Å². The molecule has 1 fully saturated rings. The molecule has 1 spiro atoms. The summed E-state index contributed by atoms with van der Waals surface area (Å²) in [7, 11) is 1.33. The van der Waals surface area contributed by atoms with Gasteiger partial charge in [-0.3, -0.25) is 4.79 Å². The first-order chi connectivity index (χ1) is 16.2. The van der Waals surface area contributed by atoms with Crippen LogP contribution in [-0.2, 0) is 4.74 Å². The number of methoxy groups -OCH3 is 1. The molecule has 0 radical (unpaired) electrons. The second-order valence-electron chi connectivity index (χ2n) is 8.88. The summed E-state index contributed by atoms with van der Waals surface area (Å²) in [6.45, 7) is 1.78. The van der Waals surface area contributed by atoms with E-state index in [1.165, 1.54) is 37.4 Å². The maximum absolute atomic E-state index is 13.9. The first-order valence-electron chi connectivity index (χ1n) is 11.3. The van der Waals surface area contributed by atoms with E-state index in [2.05, 4.69) is 4.74 Å². The number of fused-ring (bicyclic) bond motifs is 1. The van der Waals surface area contributed by atoms with E-state index in [0.29, 0.717) is 49.2 Å². The van der Waals surface area contributed by atoms with Crippen LogP contribution in [0.2, 0.25) is 0 Å². The minimum atomic E-state index is -2.99. The minimum Gasteiger partial charge on any atom is -0.493 e. The van der Waals surface area contributed by atoms with E-state index in [9.17, 15) is 18.0 Å². The Bertz CT molecular complexity index is 1040. The predicted octanol–water partition coefficient (Wildman–Crippen LogP) is 5.36. The van der Waals surface area contributed by atoms with Crippen LogP contribution in [0.25, 0.3) is 0 Å². The van der Waals surface area contributed by atoms with Gasteiger partial charge in [0.25, 0.3) is 5.91 Å². The number of halogens is 3. The largest absolute Gasteiger partial charge is 0.493 e. The molecule has 0 aliphatic carbocycles. The fourth-order valence-corrected chi connectivity index (χ4v) is 4.64. The zero-order valence-electron chi connectivity index (χ0n) is 19.4. The number of hydrogen-bond acceptors (Lipinski definition) is 5. The molecule has 4 rings (SSSR count). The van der Waals surface area contributed by atoms with Gasteiger partial charge in [0.05, 0.1) is 19.3 Å². The van der Waals surface area contributed by atoms with E-state index in [-0.39, 0.29) is 35.4 Å². The summed E-state index contributed by atoms with van der Waals surface area (Å²) in [6.07, 6.45) is 1.39. The fraction of sp³-hybridized carbons (Fsp3) is 0.480. The lowest BCUT2D eigenvalue weighted by atomic mass is 9.81. The summed E-state index contributed by atoms with van der Waals surface area (Å²) in [5.74, 6) is -0.0276. The number of likely N-dealkylation sites (tertiary alicyclic amines) is 1. The van der Waals surface area contributed by atoms with Crippen molar-refractivity contribution in [3.8, 4) is 17.2 Å². The molecule has 9 heteroatoms. The van der Waals surface area contributed by atoms with Crippen molar-refractivity contribution in [2.75, 3.05) is 20.2 Å². The van der Waals surface area contributed by atoms with Gasteiger partial charge in [0.2, 0.25) is 0 Å². The summed E-state index contributed by atoms with van der Waals surface area (Å²) in [5.41, 5.74) is 0.505. The third kappa shape index (κ3) is 5.09. The van der Waals surface area contributed by atoms with E-state index in [1.807, 2.05) is 13.8 Å². The summed E-state index contributed by atoms with van der Waals surface area (Å²) in [4.78, 5) is 14.8. The van der Waals surface area contributed by atoms with E-state index in [0.717, 1.165) is 0 Å². The third-order valence-electron chi connectivity index (χ3n) is 6.23. The summed E-state index contributed by atoms with van der Waals surface area (Å²) < 4.78 is 61.0. The molecule has 0 N–H and O–H groups in total. The second kappa shape index (κ2) is 9.74. The first kappa shape index (κ1) is 24.2. The standard InChI is InChI=1S/C25H28F3NO5/c1-15(2)32-22-14-25(34-19-7-5-17(26)13-18(19)22)8-10-29(11-9-25)23(30)16-4-6-20(33-24(27)28)21(12-16)31-3/h4-7,12-13,15,22,24H,8-11,14H2,1-3H3/t22-/m1/s1. The van der Waals surface area contributed by atoms with Gasteiger partial charge in [-0.2, -0.15) is 8.78 Å². The van der Waals surface area contributed by atoms with Gasteiger partial charge >= 0.3 is 6.61 Å². The normalized spacial score (nSPS) is 19.2. The number of rotatable bonds is 6. The van der Waals surface area contributed by atoms with Gasteiger partial charge in [0.15, 0.2) is 11.5 Å². The highest BCUT2D eigenvalue weighted by Gasteiger charge is 2.45. The highest BCUT2D eigenvalue weighted by Crippen LogP contribution is 2.46. The lowest BCUT2D eigenvalue weighted by molar-refractivity contribution is -0.0873. The number of amides is 1. The Morgan fingerprint density at radius 1 is 1.12 bits per heavy atom. The zero-order chi connectivity index (χ0) is 24.5. The number of alkyl halides is 2. The van der Waals surface area contributed by atoms with E-state index in [4.69, 9.17) is 14.2 Å². The van der Waals surface area contributed by atoms with Crippen LogP contribution in [0.5, 0.6) is 17.2 Å². The minimum absolute atomic E-state index is 0.0371. The topological polar surface area (TPSA) is 57.2 Å².